The van der Waals surface area contributed by atoms with Gasteiger partial charge in [0.2, 0.25) is 5.82 Å². The molecule has 3 aromatic carbocycles. The van der Waals surface area contributed by atoms with Crippen molar-refractivity contribution in [1.82, 2.24) is 0 Å². The van der Waals surface area contributed by atoms with Crippen LogP contribution in [0.4, 0.5) is 30.7 Å². The Morgan fingerprint density at radius 3 is 1.81 bits per heavy atom. The summed E-state index contributed by atoms with van der Waals surface area (Å²) >= 11 is 0. The monoisotopic (exact) mass is 510 g/mol. The van der Waals surface area contributed by atoms with Crippen LogP contribution in [-0.4, -0.2) is 0 Å². The Balaban J connectivity index is 1.68. The average molecular weight is 511 g/mol. The van der Waals surface area contributed by atoms with Gasteiger partial charge < -0.3 is 0 Å². The molecule has 3 rings (SSSR count). The van der Waals surface area contributed by atoms with Gasteiger partial charge in [-0.1, -0.05) is 58.0 Å². The van der Waals surface area contributed by atoms with Crippen molar-refractivity contribution < 1.29 is 30.7 Å². The van der Waals surface area contributed by atoms with E-state index in [4.69, 9.17) is 0 Å². The summed E-state index contributed by atoms with van der Waals surface area (Å²) in [7, 11) is 0. The van der Waals surface area contributed by atoms with Gasteiger partial charge in [-0.2, -0.15) is 0 Å². The molecule has 0 N–H and O–H groups in total. The van der Waals surface area contributed by atoms with Crippen molar-refractivity contribution in [3.63, 3.8) is 0 Å². The fourth-order valence-corrected chi connectivity index (χ4v) is 4.61. The van der Waals surface area contributed by atoms with Crippen LogP contribution in [0.3, 0.4) is 0 Å². The summed E-state index contributed by atoms with van der Waals surface area (Å²) in [5.74, 6) is -11.8. The van der Waals surface area contributed by atoms with Crippen LogP contribution in [0.15, 0.2) is 36.4 Å². The quantitative estimate of drug-likeness (QED) is 0.153. The second-order valence-electron chi connectivity index (χ2n) is 9.85. The molecule has 0 nitrogen and oxygen atoms in total. The Morgan fingerprint density at radius 2 is 1.19 bits per heavy atom. The molecule has 0 spiro atoms. The molecule has 0 radical (unpaired) electrons. The first kappa shape index (κ1) is 27.8. The molecular formula is C29H29F7. The molecule has 3 aromatic rings. The lowest BCUT2D eigenvalue weighted by Crippen LogP contribution is -2.11. The topological polar surface area (TPSA) is 0 Å². The smallest absolute Gasteiger partial charge is 0.200 e. The summed E-state index contributed by atoms with van der Waals surface area (Å²) in [6.07, 6.45) is 1.89. The highest BCUT2D eigenvalue weighted by Gasteiger charge is 2.28. The summed E-state index contributed by atoms with van der Waals surface area (Å²) in [6, 6.07) is 10.0. The first-order valence-corrected chi connectivity index (χ1v) is 12.0. The van der Waals surface area contributed by atoms with Crippen molar-refractivity contribution in [2.45, 2.75) is 65.2 Å². The van der Waals surface area contributed by atoms with E-state index >= 15 is 0 Å². The van der Waals surface area contributed by atoms with Crippen molar-refractivity contribution in [1.29, 1.82) is 0 Å². The van der Waals surface area contributed by atoms with Crippen LogP contribution in [0.2, 0.25) is 0 Å². The minimum absolute atomic E-state index is 0.0838. The zero-order valence-corrected chi connectivity index (χ0v) is 20.7. The second kappa shape index (κ2) is 11.5. The lowest BCUT2D eigenvalue weighted by atomic mass is 9.89. The highest BCUT2D eigenvalue weighted by Crippen LogP contribution is 2.31. The molecular weight excluding hydrogens is 481 g/mol. The number of benzene rings is 3. The van der Waals surface area contributed by atoms with Gasteiger partial charge in [0.15, 0.2) is 23.3 Å². The molecule has 0 aliphatic rings. The largest absolute Gasteiger partial charge is 0.207 e. The third kappa shape index (κ3) is 5.93. The van der Waals surface area contributed by atoms with E-state index in [9.17, 15) is 30.7 Å². The number of halogens is 7. The van der Waals surface area contributed by atoms with E-state index in [2.05, 4.69) is 0 Å². The van der Waals surface area contributed by atoms with Gasteiger partial charge in [-0.25, -0.2) is 30.7 Å². The van der Waals surface area contributed by atoms with Gasteiger partial charge in [0, 0.05) is 11.1 Å². The number of aryl methyl sites for hydroxylation is 1. The molecule has 0 aliphatic heterocycles. The van der Waals surface area contributed by atoms with Crippen LogP contribution in [0.25, 0.3) is 0 Å². The summed E-state index contributed by atoms with van der Waals surface area (Å²) in [4.78, 5) is 0. The Kier molecular flexibility index (Phi) is 8.85. The number of hydrogen-bond acceptors (Lipinski definition) is 0. The van der Waals surface area contributed by atoms with Gasteiger partial charge in [0.1, 0.15) is 11.6 Å². The summed E-state index contributed by atoms with van der Waals surface area (Å²) in [5.41, 5.74) is 1.37. The number of rotatable bonds is 9. The Bertz CT molecular complexity index is 1200. The van der Waals surface area contributed by atoms with E-state index in [-0.39, 0.29) is 23.8 Å². The fraction of sp³-hybridized carbons (Fsp3) is 0.379. The first-order chi connectivity index (χ1) is 16.9. The van der Waals surface area contributed by atoms with E-state index in [0.717, 1.165) is 5.56 Å². The van der Waals surface area contributed by atoms with Crippen LogP contribution in [0, 0.1) is 46.6 Å². The molecule has 2 unspecified atom stereocenters. The summed E-state index contributed by atoms with van der Waals surface area (Å²) in [5, 5.41) is 0. The maximum Gasteiger partial charge on any atom is 0.200 e. The zero-order chi connectivity index (χ0) is 26.7. The van der Waals surface area contributed by atoms with Crippen LogP contribution < -0.4 is 0 Å². The third-order valence-corrected chi connectivity index (χ3v) is 6.55. The Hall–Kier alpha value is -2.83. The van der Waals surface area contributed by atoms with Crippen LogP contribution in [-0.2, 0) is 19.3 Å². The second-order valence-corrected chi connectivity index (χ2v) is 9.85. The normalized spacial score (nSPS) is 13.3. The minimum Gasteiger partial charge on any atom is -0.207 e. The Morgan fingerprint density at radius 1 is 0.611 bits per heavy atom. The van der Waals surface area contributed by atoms with Gasteiger partial charge in [0.05, 0.1) is 0 Å². The van der Waals surface area contributed by atoms with Crippen molar-refractivity contribution in [2.75, 3.05) is 0 Å². The third-order valence-electron chi connectivity index (χ3n) is 6.55. The SMILES string of the molecule is CC(CCc1cccc(CC(C)c2c(F)c(F)c(F)c(F)c2F)c1)Cc1ccc(F)c(C(C)C)c1F. The van der Waals surface area contributed by atoms with Crippen molar-refractivity contribution in [3.8, 4) is 0 Å². The van der Waals surface area contributed by atoms with E-state index in [1.54, 1.807) is 26.0 Å². The van der Waals surface area contributed by atoms with Crippen molar-refractivity contribution in [2.24, 2.45) is 5.92 Å². The molecule has 0 fully saturated rings. The lowest BCUT2D eigenvalue weighted by molar-refractivity contribution is 0.365. The predicted octanol–water partition coefficient (Wildman–Crippen LogP) is 8.94. The van der Waals surface area contributed by atoms with Crippen LogP contribution >= 0.6 is 0 Å². The fourth-order valence-electron chi connectivity index (χ4n) is 4.61. The van der Waals surface area contributed by atoms with Gasteiger partial charge in [-0.3, -0.25) is 0 Å². The van der Waals surface area contributed by atoms with Gasteiger partial charge in [0.25, 0.3) is 0 Å². The maximum absolute atomic E-state index is 14.8. The van der Waals surface area contributed by atoms with E-state index in [1.165, 1.54) is 19.1 Å². The molecule has 0 aromatic heterocycles. The lowest BCUT2D eigenvalue weighted by Gasteiger charge is -2.17. The summed E-state index contributed by atoms with van der Waals surface area (Å²) in [6.45, 7) is 6.88. The standard InChI is InChI=1S/C29H29F7/c1-15(2)22-21(30)11-10-20(24(22)31)12-16(3)8-9-18-6-5-7-19(14-18)13-17(4)23-25(32)27(34)29(36)28(35)26(23)33/h5-7,10-11,14-17H,8-9,12-13H2,1-4H3. The maximum atomic E-state index is 14.8. The van der Waals surface area contributed by atoms with Crippen molar-refractivity contribution in [3.05, 3.63) is 105 Å². The molecule has 194 valence electrons. The molecule has 0 bridgehead atoms. The zero-order valence-electron chi connectivity index (χ0n) is 20.7. The van der Waals surface area contributed by atoms with Gasteiger partial charge in [-0.05, 0) is 66.2 Å². The first-order valence-electron chi connectivity index (χ1n) is 12.0. The average Bonchev–Trinajstić information content (AvgIpc) is 2.82. The molecule has 2 atom stereocenters. The van der Waals surface area contributed by atoms with Gasteiger partial charge >= 0.3 is 0 Å². The van der Waals surface area contributed by atoms with E-state index in [1.807, 2.05) is 19.1 Å². The molecule has 0 saturated heterocycles. The molecule has 0 saturated carbocycles. The van der Waals surface area contributed by atoms with Gasteiger partial charge in [-0.15, -0.1) is 0 Å². The molecule has 0 heterocycles. The van der Waals surface area contributed by atoms with E-state index < -0.39 is 52.2 Å². The van der Waals surface area contributed by atoms with E-state index in [0.29, 0.717) is 30.4 Å². The predicted molar refractivity (Wildman–Crippen MR) is 126 cm³/mol. The summed E-state index contributed by atoms with van der Waals surface area (Å²) < 4.78 is 97.7. The highest BCUT2D eigenvalue weighted by atomic mass is 19.2. The molecule has 0 aliphatic carbocycles. The molecule has 7 heteroatoms. The number of hydrogen-bond donors (Lipinski definition) is 0. The van der Waals surface area contributed by atoms with Crippen LogP contribution in [0.5, 0.6) is 0 Å². The minimum atomic E-state index is -2.17. The highest BCUT2D eigenvalue weighted by molar-refractivity contribution is 5.32. The molecule has 36 heavy (non-hydrogen) atoms. The van der Waals surface area contributed by atoms with Crippen LogP contribution in [0.1, 0.15) is 73.8 Å². The van der Waals surface area contributed by atoms with Crippen molar-refractivity contribution >= 4 is 0 Å². The Labute approximate surface area is 207 Å². The molecule has 0 amide bonds.